The van der Waals surface area contributed by atoms with Gasteiger partial charge < -0.3 is 10.1 Å². The van der Waals surface area contributed by atoms with Gasteiger partial charge in [0, 0.05) is 0 Å². The highest BCUT2D eigenvalue weighted by atomic mass is 32.2. The van der Waals surface area contributed by atoms with Crippen molar-refractivity contribution < 1.29 is 4.74 Å². The van der Waals surface area contributed by atoms with Gasteiger partial charge in [-0.25, -0.2) is 0 Å². The maximum atomic E-state index is 5.71. The van der Waals surface area contributed by atoms with Crippen molar-refractivity contribution in [3.05, 3.63) is 29.8 Å². The maximum absolute atomic E-state index is 5.71. The predicted octanol–water partition coefficient (Wildman–Crippen LogP) is 3.20. The van der Waals surface area contributed by atoms with E-state index in [1.54, 1.807) is 0 Å². The number of hydrogen-bond donors (Lipinski definition) is 1. The van der Waals surface area contributed by atoms with E-state index in [-0.39, 0.29) is 6.10 Å². The van der Waals surface area contributed by atoms with Gasteiger partial charge in [0.2, 0.25) is 0 Å². The molecular formula is C13H19NOS. The summed E-state index contributed by atoms with van der Waals surface area (Å²) < 4.78 is 5.71. The summed E-state index contributed by atoms with van der Waals surface area (Å²) in [6, 6.07) is 8.42. The van der Waals surface area contributed by atoms with Crippen molar-refractivity contribution >= 4 is 11.8 Å². The van der Waals surface area contributed by atoms with Crippen LogP contribution in [-0.4, -0.2) is 18.4 Å². The number of hydrogen-bond acceptors (Lipinski definition) is 3. The van der Waals surface area contributed by atoms with Crippen LogP contribution in [0.25, 0.3) is 0 Å². The van der Waals surface area contributed by atoms with E-state index in [4.69, 9.17) is 4.74 Å². The summed E-state index contributed by atoms with van der Waals surface area (Å²) in [5, 5.41) is 3.96. The molecule has 0 saturated carbocycles. The smallest absolute Gasteiger partial charge is 0.120 e. The van der Waals surface area contributed by atoms with Crippen molar-refractivity contribution in [2.24, 2.45) is 0 Å². The van der Waals surface area contributed by atoms with E-state index in [1.165, 1.54) is 17.7 Å². The molecule has 1 aliphatic heterocycles. The first kappa shape index (κ1) is 11.8. The van der Waals surface area contributed by atoms with Gasteiger partial charge in [-0.1, -0.05) is 12.1 Å². The average molecular weight is 237 g/mol. The molecule has 1 saturated heterocycles. The maximum Gasteiger partial charge on any atom is 0.120 e. The third kappa shape index (κ3) is 3.16. The van der Waals surface area contributed by atoms with Gasteiger partial charge in [-0.05, 0) is 50.3 Å². The van der Waals surface area contributed by atoms with E-state index in [2.05, 4.69) is 37.4 Å². The molecule has 0 amide bonds. The highest BCUT2D eigenvalue weighted by molar-refractivity contribution is 7.99. The Morgan fingerprint density at radius 1 is 1.44 bits per heavy atom. The highest BCUT2D eigenvalue weighted by Gasteiger charge is 2.15. The molecule has 88 valence electrons. The Balaban J connectivity index is 2.08. The van der Waals surface area contributed by atoms with Crippen molar-refractivity contribution in [3.63, 3.8) is 0 Å². The lowest BCUT2D eigenvalue weighted by atomic mass is 10.2. The molecule has 1 heterocycles. The molecule has 1 aromatic carbocycles. The normalized spacial score (nSPS) is 21.1. The second kappa shape index (κ2) is 5.60. The lowest BCUT2D eigenvalue weighted by Crippen LogP contribution is -2.25. The largest absolute Gasteiger partial charge is 0.491 e. The summed E-state index contributed by atoms with van der Waals surface area (Å²) in [5.41, 5.74) is 1.32. The molecule has 1 aromatic rings. The Bertz CT molecular complexity index is 334. The number of ether oxygens (including phenoxy) is 1. The molecule has 3 heteroatoms. The van der Waals surface area contributed by atoms with E-state index in [0.717, 1.165) is 12.3 Å². The molecular weight excluding hydrogens is 218 g/mol. The SMILES string of the molecule is CC(C)Oc1cccc(C2NCCCS2)c1. The Morgan fingerprint density at radius 3 is 3.00 bits per heavy atom. The third-order valence-electron chi connectivity index (χ3n) is 2.47. The molecule has 0 spiro atoms. The minimum absolute atomic E-state index is 0.238. The molecule has 2 nitrogen and oxygen atoms in total. The molecule has 1 atom stereocenters. The Labute approximate surface area is 102 Å². The van der Waals surface area contributed by atoms with Crippen LogP contribution in [0, 0.1) is 0 Å². The summed E-state index contributed by atoms with van der Waals surface area (Å²) in [5.74, 6) is 2.22. The molecule has 0 radical (unpaired) electrons. The van der Waals surface area contributed by atoms with E-state index in [0.29, 0.717) is 5.37 Å². The summed E-state index contributed by atoms with van der Waals surface area (Å²) in [7, 11) is 0. The van der Waals surface area contributed by atoms with Crippen LogP contribution in [0.5, 0.6) is 5.75 Å². The van der Waals surface area contributed by atoms with Crippen molar-refractivity contribution in [2.45, 2.75) is 31.7 Å². The Kier molecular flexibility index (Phi) is 4.13. The van der Waals surface area contributed by atoms with Crippen LogP contribution in [-0.2, 0) is 0 Å². The predicted molar refractivity (Wildman–Crippen MR) is 70.0 cm³/mol. The molecule has 1 unspecified atom stereocenters. The summed E-state index contributed by atoms with van der Waals surface area (Å²) in [4.78, 5) is 0. The van der Waals surface area contributed by atoms with Crippen molar-refractivity contribution in [2.75, 3.05) is 12.3 Å². The van der Waals surface area contributed by atoms with E-state index in [9.17, 15) is 0 Å². The summed E-state index contributed by atoms with van der Waals surface area (Å²) in [6.45, 7) is 5.23. The van der Waals surface area contributed by atoms with Gasteiger partial charge >= 0.3 is 0 Å². The molecule has 1 fully saturated rings. The van der Waals surface area contributed by atoms with Gasteiger partial charge in [0.05, 0.1) is 11.5 Å². The monoisotopic (exact) mass is 237 g/mol. The van der Waals surface area contributed by atoms with Gasteiger partial charge in [0.15, 0.2) is 0 Å². The lowest BCUT2D eigenvalue weighted by molar-refractivity contribution is 0.242. The average Bonchev–Trinajstić information content (AvgIpc) is 2.30. The van der Waals surface area contributed by atoms with Crippen molar-refractivity contribution in [1.82, 2.24) is 5.32 Å². The Morgan fingerprint density at radius 2 is 2.31 bits per heavy atom. The fourth-order valence-electron chi connectivity index (χ4n) is 1.80. The standard InChI is InChI=1S/C13H19NOS/c1-10(2)15-12-6-3-5-11(9-12)13-14-7-4-8-16-13/h3,5-6,9-10,13-14H,4,7-8H2,1-2H3. The van der Waals surface area contributed by atoms with Crippen molar-refractivity contribution in [1.29, 1.82) is 0 Å². The van der Waals surface area contributed by atoms with E-state index >= 15 is 0 Å². The molecule has 1 N–H and O–H groups in total. The quantitative estimate of drug-likeness (QED) is 0.872. The number of rotatable bonds is 3. The molecule has 0 aromatic heterocycles. The highest BCUT2D eigenvalue weighted by Crippen LogP contribution is 2.31. The number of thioether (sulfide) groups is 1. The first-order valence-corrected chi connectivity index (χ1v) is 6.92. The van der Waals surface area contributed by atoms with Crippen LogP contribution < -0.4 is 10.1 Å². The number of nitrogens with one attached hydrogen (secondary N) is 1. The first-order valence-electron chi connectivity index (χ1n) is 5.87. The summed E-state index contributed by atoms with van der Waals surface area (Å²) in [6.07, 6.45) is 1.51. The zero-order valence-corrected chi connectivity index (χ0v) is 10.7. The second-order valence-electron chi connectivity index (χ2n) is 4.30. The van der Waals surface area contributed by atoms with Gasteiger partial charge in [-0.2, -0.15) is 0 Å². The van der Waals surface area contributed by atoms with E-state index in [1.807, 2.05) is 17.8 Å². The van der Waals surface area contributed by atoms with Crippen LogP contribution >= 0.6 is 11.8 Å². The fourth-order valence-corrected chi connectivity index (χ4v) is 2.92. The minimum Gasteiger partial charge on any atom is -0.491 e. The van der Waals surface area contributed by atoms with Crippen LogP contribution in [0.1, 0.15) is 31.2 Å². The lowest BCUT2D eigenvalue weighted by Gasteiger charge is -2.23. The van der Waals surface area contributed by atoms with Crippen LogP contribution in [0.4, 0.5) is 0 Å². The van der Waals surface area contributed by atoms with Crippen LogP contribution in [0.2, 0.25) is 0 Å². The van der Waals surface area contributed by atoms with E-state index < -0.39 is 0 Å². The van der Waals surface area contributed by atoms with Crippen LogP contribution in [0.3, 0.4) is 0 Å². The Hall–Kier alpha value is -0.670. The second-order valence-corrected chi connectivity index (χ2v) is 5.51. The zero-order valence-electron chi connectivity index (χ0n) is 9.90. The topological polar surface area (TPSA) is 21.3 Å². The van der Waals surface area contributed by atoms with Gasteiger partial charge in [0.1, 0.15) is 5.75 Å². The molecule has 16 heavy (non-hydrogen) atoms. The van der Waals surface area contributed by atoms with Gasteiger partial charge in [0.25, 0.3) is 0 Å². The number of benzene rings is 1. The molecule has 2 rings (SSSR count). The molecule has 1 aliphatic rings. The fraction of sp³-hybridized carbons (Fsp3) is 0.538. The molecule has 0 aliphatic carbocycles. The van der Waals surface area contributed by atoms with Crippen LogP contribution in [0.15, 0.2) is 24.3 Å². The first-order chi connectivity index (χ1) is 7.75. The van der Waals surface area contributed by atoms with Gasteiger partial charge in [-0.3, -0.25) is 0 Å². The van der Waals surface area contributed by atoms with Gasteiger partial charge in [-0.15, -0.1) is 11.8 Å². The minimum atomic E-state index is 0.238. The molecule has 0 bridgehead atoms. The zero-order chi connectivity index (χ0) is 11.4. The summed E-state index contributed by atoms with van der Waals surface area (Å²) >= 11 is 1.98. The third-order valence-corrected chi connectivity index (χ3v) is 3.76. The van der Waals surface area contributed by atoms with Crippen molar-refractivity contribution in [3.8, 4) is 5.75 Å².